The van der Waals surface area contributed by atoms with Crippen molar-refractivity contribution < 1.29 is 17.9 Å². The second-order valence-electron chi connectivity index (χ2n) is 9.32. The number of alkyl halides is 3. The van der Waals surface area contributed by atoms with Crippen LogP contribution in [0.2, 0.25) is 0 Å². The Bertz CT molecular complexity index is 1300. The van der Waals surface area contributed by atoms with Crippen LogP contribution in [-0.4, -0.2) is 6.36 Å². The lowest BCUT2D eigenvalue weighted by Crippen LogP contribution is -2.16. The second kappa shape index (κ2) is 11.4. The molecular formula is C32H29F3O. The lowest BCUT2D eigenvalue weighted by atomic mass is 10.0. The summed E-state index contributed by atoms with van der Waals surface area (Å²) < 4.78 is 40.7. The molecule has 1 fully saturated rings. The molecule has 36 heavy (non-hydrogen) atoms. The quantitative estimate of drug-likeness (QED) is 0.251. The molecule has 0 radical (unpaired) electrons. The van der Waals surface area contributed by atoms with Crippen molar-refractivity contribution in [1.82, 2.24) is 0 Å². The third kappa shape index (κ3) is 7.43. The largest absolute Gasteiger partial charge is 0.573 e. The number of hydrogen-bond donors (Lipinski definition) is 0. The zero-order valence-corrected chi connectivity index (χ0v) is 20.6. The Morgan fingerprint density at radius 3 is 2.06 bits per heavy atom. The fourth-order valence-corrected chi connectivity index (χ4v) is 4.35. The Labute approximate surface area is 211 Å². The smallest absolute Gasteiger partial charge is 0.406 e. The number of rotatable bonds is 6. The van der Waals surface area contributed by atoms with Gasteiger partial charge in [-0.25, -0.2) is 0 Å². The van der Waals surface area contributed by atoms with Crippen LogP contribution in [0.3, 0.4) is 0 Å². The first-order chi connectivity index (χ1) is 17.3. The van der Waals surface area contributed by atoms with Gasteiger partial charge in [-0.1, -0.05) is 62.0 Å². The summed E-state index contributed by atoms with van der Waals surface area (Å²) in [6.45, 7) is 4.22. The topological polar surface area (TPSA) is 9.23 Å². The summed E-state index contributed by atoms with van der Waals surface area (Å²) in [7, 11) is 0. The predicted molar refractivity (Wildman–Crippen MR) is 138 cm³/mol. The third-order valence-electron chi connectivity index (χ3n) is 6.45. The van der Waals surface area contributed by atoms with Gasteiger partial charge in [0.15, 0.2) is 0 Å². The van der Waals surface area contributed by atoms with Crippen LogP contribution in [0.25, 0.3) is 0 Å². The van der Waals surface area contributed by atoms with E-state index in [2.05, 4.69) is 59.6 Å². The fraction of sp³-hybridized carbons (Fsp3) is 0.312. The number of aryl methyl sites for hydroxylation is 1. The van der Waals surface area contributed by atoms with Crippen LogP contribution < -0.4 is 4.74 Å². The molecule has 3 aromatic rings. The molecule has 0 N–H and O–H groups in total. The molecule has 2 unspecified atom stereocenters. The molecular weight excluding hydrogens is 457 g/mol. The van der Waals surface area contributed by atoms with Gasteiger partial charge >= 0.3 is 6.36 Å². The van der Waals surface area contributed by atoms with E-state index in [1.807, 2.05) is 25.1 Å². The minimum Gasteiger partial charge on any atom is -0.406 e. The Hall–Kier alpha value is -3.63. The highest BCUT2D eigenvalue weighted by atomic mass is 19.4. The number of hydrogen-bond acceptors (Lipinski definition) is 1. The van der Waals surface area contributed by atoms with E-state index < -0.39 is 6.36 Å². The first kappa shape index (κ1) is 25.5. The predicted octanol–water partition coefficient (Wildman–Crippen LogP) is 8.38. The van der Waals surface area contributed by atoms with Crippen LogP contribution in [0.5, 0.6) is 5.75 Å². The van der Waals surface area contributed by atoms with Gasteiger partial charge in [0.1, 0.15) is 5.75 Å². The highest BCUT2D eigenvalue weighted by Gasteiger charge is 2.37. The number of unbranched alkanes of at least 4 members (excludes halogenated alkanes) is 2. The van der Waals surface area contributed by atoms with Crippen LogP contribution in [-0.2, 0) is 0 Å². The molecule has 2 atom stereocenters. The molecule has 1 aliphatic carbocycles. The summed E-state index contributed by atoms with van der Waals surface area (Å²) in [5.74, 6) is 13.9. The molecule has 0 bridgehead atoms. The second-order valence-corrected chi connectivity index (χ2v) is 9.32. The molecule has 4 rings (SSSR count). The van der Waals surface area contributed by atoms with Gasteiger partial charge in [0, 0.05) is 22.3 Å². The summed E-state index contributed by atoms with van der Waals surface area (Å²) in [5, 5.41) is 0. The van der Waals surface area contributed by atoms with E-state index in [-0.39, 0.29) is 5.75 Å². The zero-order valence-electron chi connectivity index (χ0n) is 20.6. The first-order valence-corrected chi connectivity index (χ1v) is 12.4. The highest BCUT2D eigenvalue weighted by molar-refractivity contribution is 5.52. The van der Waals surface area contributed by atoms with Gasteiger partial charge in [-0.2, -0.15) is 0 Å². The minimum absolute atomic E-state index is 0.263. The van der Waals surface area contributed by atoms with Crippen molar-refractivity contribution >= 4 is 0 Å². The normalized spacial score (nSPS) is 16.4. The van der Waals surface area contributed by atoms with Crippen LogP contribution >= 0.6 is 0 Å². The van der Waals surface area contributed by atoms with Crippen molar-refractivity contribution in [3.05, 3.63) is 100 Å². The molecule has 4 heteroatoms. The minimum atomic E-state index is -4.70. The molecule has 1 saturated carbocycles. The van der Waals surface area contributed by atoms with Gasteiger partial charge in [-0.3, -0.25) is 0 Å². The van der Waals surface area contributed by atoms with E-state index in [0.717, 1.165) is 34.1 Å². The van der Waals surface area contributed by atoms with E-state index in [9.17, 15) is 13.2 Å². The number of benzene rings is 3. The molecule has 184 valence electrons. The Morgan fingerprint density at radius 2 is 1.42 bits per heavy atom. The van der Waals surface area contributed by atoms with Gasteiger partial charge in [-0.05, 0) is 97.3 Å². The van der Waals surface area contributed by atoms with Crippen LogP contribution in [0.4, 0.5) is 13.2 Å². The van der Waals surface area contributed by atoms with Gasteiger partial charge in [0.25, 0.3) is 0 Å². The molecule has 1 nitrogen and oxygen atoms in total. The van der Waals surface area contributed by atoms with E-state index in [1.54, 1.807) is 0 Å². The average Bonchev–Trinajstić information content (AvgIpc) is 3.62. The molecule has 0 aliphatic heterocycles. The molecule has 0 saturated heterocycles. The van der Waals surface area contributed by atoms with Crippen molar-refractivity contribution in [2.45, 2.75) is 58.2 Å². The lowest BCUT2D eigenvalue weighted by molar-refractivity contribution is -0.274. The van der Waals surface area contributed by atoms with Gasteiger partial charge in [0.2, 0.25) is 0 Å². The summed E-state index contributed by atoms with van der Waals surface area (Å²) in [5.41, 5.74) is 5.79. The Kier molecular flexibility index (Phi) is 8.07. The lowest BCUT2D eigenvalue weighted by Gasteiger charge is -2.08. The maximum absolute atomic E-state index is 12.3. The van der Waals surface area contributed by atoms with Crippen LogP contribution in [0.15, 0.2) is 66.7 Å². The highest BCUT2D eigenvalue weighted by Crippen LogP contribution is 2.50. The van der Waals surface area contributed by atoms with Gasteiger partial charge in [-0.15, -0.1) is 13.2 Å². The van der Waals surface area contributed by atoms with Crippen molar-refractivity contribution in [2.75, 3.05) is 0 Å². The van der Waals surface area contributed by atoms with Gasteiger partial charge in [0.05, 0.1) is 0 Å². The summed E-state index contributed by atoms with van der Waals surface area (Å²) in [4.78, 5) is 0. The molecule has 0 aromatic heterocycles. The average molecular weight is 487 g/mol. The monoisotopic (exact) mass is 486 g/mol. The van der Waals surface area contributed by atoms with Crippen LogP contribution in [0, 0.1) is 36.5 Å². The SMILES string of the molecule is CCCCCC1CC1c1ccc(C#Cc2ccc(C#Cc3ccc(OC(F)(F)F)cc3)c(C)c2)cc1. The van der Waals surface area contributed by atoms with Crippen LogP contribution in [0.1, 0.15) is 78.3 Å². The number of ether oxygens (including phenoxy) is 1. The van der Waals surface area contributed by atoms with Crippen molar-refractivity contribution in [3.8, 4) is 29.4 Å². The van der Waals surface area contributed by atoms with E-state index >= 15 is 0 Å². The summed E-state index contributed by atoms with van der Waals surface area (Å²) in [6, 6.07) is 20.0. The standard InChI is InChI=1S/C32H29F3O/c1-3-4-5-6-29-22-31(29)28-17-10-24(11-18-28)7-8-26-12-16-27(23(2)21-26)15-9-25-13-19-30(20-14-25)36-32(33,34)35/h10-14,16-21,29,31H,3-6,22H2,1-2H3. The van der Waals surface area contributed by atoms with E-state index in [0.29, 0.717) is 5.56 Å². The molecule has 0 amide bonds. The van der Waals surface area contributed by atoms with E-state index in [4.69, 9.17) is 0 Å². The summed E-state index contributed by atoms with van der Waals surface area (Å²) >= 11 is 0. The number of halogens is 3. The Morgan fingerprint density at radius 1 is 0.806 bits per heavy atom. The first-order valence-electron chi connectivity index (χ1n) is 12.4. The maximum atomic E-state index is 12.3. The molecule has 1 aliphatic rings. The zero-order chi connectivity index (χ0) is 25.5. The molecule has 0 spiro atoms. The van der Waals surface area contributed by atoms with Crippen molar-refractivity contribution in [3.63, 3.8) is 0 Å². The van der Waals surface area contributed by atoms with Crippen molar-refractivity contribution in [1.29, 1.82) is 0 Å². The summed E-state index contributed by atoms with van der Waals surface area (Å²) in [6.07, 6.45) is 1.93. The fourth-order valence-electron chi connectivity index (χ4n) is 4.35. The van der Waals surface area contributed by atoms with E-state index in [1.165, 1.54) is 61.9 Å². The molecule has 0 heterocycles. The molecule has 3 aromatic carbocycles. The Balaban J connectivity index is 1.35. The maximum Gasteiger partial charge on any atom is 0.573 e. The van der Waals surface area contributed by atoms with Gasteiger partial charge < -0.3 is 4.74 Å². The third-order valence-corrected chi connectivity index (χ3v) is 6.45. The van der Waals surface area contributed by atoms with Crippen molar-refractivity contribution in [2.24, 2.45) is 5.92 Å².